The molecule has 1 atom stereocenters. The molecule has 3 nitrogen and oxygen atoms in total. The highest BCUT2D eigenvalue weighted by Crippen LogP contribution is 2.28. The van der Waals surface area contributed by atoms with Gasteiger partial charge in [0.05, 0.1) is 12.9 Å². The van der Waals surface area contributed by atoms with E-state index < -0.39 is 5.60 Å². The van der Waals surface area contributed by atoms with Gasteiger partial charge in [-0.25, -0.2) is 4.79 Å². The summed E-state index contributed by atoms with van der Waals surface area (Å²) in [5, 5.41) is 0. The summed E-state index contributed by atoms with van der Waals surface area (Å²) in [7, 11) is 0. The van der Waals surface area contributed by atoms with Crippen LogP contribution in [0.2, 0.25) is 0 Å². The van der Waals surface area contributed by atoms with Crippen molar-refractivity contribution in [2.75, 3.05) is 6.61 Å². The van der Waals surface area contributed by atoms with E-state index in [9.17, 15) is 4.79 Å². The maximum atomic E-state index is 11.6. The van der Waals surface area contributed by atoms with Crippen LogP contribution >= 0.6 is 0 Å². The highest BCUT2D eigenvalue weighted by molar-refractivity contribution is 5.79. The number of ether oxygens (including phenoxy) is 2. The average molecular weight is 184 g/mol. The topological polar surface area (TPSA) is 35.5 Å². The third kappa shape index (κ3) is 2.02. The SMILES string of the molecule is CCOC(=O)[C@@]1(CC)CCC=CO1. The molecule has 74 valence electrons. The molecule has 0 aromatic heterocycles. The number of esters is 1. The summed E-state index contributed by atoms with van der Waals surface area (Å²) in [6, 6.07) is 0. The van der Waals surface area contributed by atoms with Gasteiger partial charge in [0.1, 0.15) is 0 Å². The van der Waals surface area contributed by atoms with Gasteiger partial charge < -0.3 is 9.47 Å². The van der Waals surface area contributed by atoms with Crippen LogP contribution in [0.4, 0.5) is 0 Å². The lowest BCUT2D eigenvalue weighted by Crippen LogP contribution is -2.42. The Kier molecular flexibility index (Phi) is 3.34. The van der Waals surface area contributed by atoms with Crippen molar-refractivity contribution in [1.82, 2.24) is 0 Å². The minimum absolute atomic E-state index is 0.234. The Labute approximate surface area is 78.7 Å². The molecule has 1 aliphatic heterocycles. The minimum Gasteiger partial charge on any atom is -0.484 e. The van der Waals surface area contributed by atoms with Crippen molar-refractivity contribution in [2.24, 2.45) is 0 Å². The highest BCUT2D eigenvalue weighted by Gasteiger charge is 2.40. The lowest BCUT2D eigenvalue weighted by molar-refractivity contribution is -0.167. The monoisotopic (exact) mass is 184 g/mol. The average Bonchev–Trinajstić information content (AvgIpc) is 2.19. The molecule has 0 saturated heterocycles. The van der Waals surface area contributed by atoms with Crippen molar-refractivity contribution in [1.29, 1.82) is 0 Å². The number of hydrogen-bond acceptors (Lipinski definition) is 3. The Morgan fingerprint density at radius 2 is 2.38 bits per heavy atom. The van der Waals surface area contributed by atoms with Gasteiger partial charge >= 0.3 is 5.97 Å². The molecule has 0 saturated carbocycles. The molecule has 0 radical (unpaired) electrons. The van der Waals surface area contributed by atoms with Crippen LogP contribution in [-0.2, 0) is 14.3 Å². The van der Waals surface area contributed by atoms with Crippen LogP contribution in [0.25, 0.3) is 0 Å². The summed E-state index contributed by atoms with van der Waals surface area (Å²) < 4.78 is 10.4. The number of allylic oxidation sites excluding steroid dienone is 1. The van der Waals surface area contributed by atoms with Crippen LogP contribution in [0.5, 0.6) is 0 Å². The van der Waals surface area contributed by atoms with Gasteiger partial charge in [0, 0.05) is 6.42 Å². The van der Waals surface area contributed by atoms with Crippen LogP contribution in [-0.4, -0.2) is 18.2 Å². The lowest BCUT2D eigenvalue weighted by Gasteiger charge is -2.31. The molecule has 3 heteroatoms. The van der Waals surface area contributed by atoms with Crippen molar-refractivity contribution in [3.05, 3.63) is 12.3 Å². The standard InChI is InChI=1S/C10H16O3/c1-3-10(9(11)12-4-2)7-5-6-8-13-10/h6,8H,3-5,7H2,1-2H3/t10-/m1/s1. The molecule has 0 spiro atoms. The van der Waals surface area contributed by atoms with Crippen LogP contribution in [0.15, 0.2) is 12.3 Å². The molecule has 1 aliphatic rings. The first-order chi connectivity index (χ1) is 6.25. The maximum Gasteiger partial charge on any atom is 0.350 e. The maximum absolute atomic E-state index is 11.6. The molecule has 0 aliphatic carbocycles. The van der Waals surface area contributed by atoms with E-state index in [1.54, 1.807) is 13.2 Å². The fourth-order valence-electron chi connectivity index (χ4n) is 1.44. The molecule has 0 bridgehead atoms. The molecule has 0 amide bonds. The second-order valence-electron chi connectivity index (χ2n) is 3.10. The zero-order valence-corrected chi connectivity index (χ0v) is 8.21. The van der Waals surface area contributed by atoms with Crippen molar-refractivity contribution in [3.63, 3.8) is 0 Å². The molecule has 1 heterocycles. The van der Waals surface area contributed by atoms with Crippen LogP contribution in [0, 0.1) is 0 Å². The first kappa shape index (κ1) is 10.1. The highest BCUT2D eigenvalue weighted by atomic mass is 16.6. The van der Waals surface area contributed by atoms with Crippen molar-refractivity contribution < 1.29 is 14.3 Å². The summed E-state index contributed by atoms with van der Waals surface area (Å²) >= 11 is 0. The van der Waals surface area contributed by atoms with E-state index in [1.165, 1.54) is 0 Å². The molecule has 0 aromatic carbocycles. The second-order valence-corrected chi connectivity index (χ2v) is 3.10. The summed E-state index contributed by atoms with van der Waals surface area (Å²) in [5.41, 5.74) is -0.717. The predicted molar refractivity (Wildman–Crippen MR) is 49.1 cm³/mol. The Balaban J connectivity index is 2.68. The third-order valence-corrected chi connectivity index (χ3v) is 2.32. The largest absolute Gasteiger partial charge is 0.484 e. The third-order valence-electron chi connectivity index (χ3n) is 2.32. The Hall–Kier alpha value is -0.990. The predicted octanol–water partition coefficient (Wildman–Crippen LogP) is 2.02. The summed E-state index contributed by atoms with van der Waals surface area (Å²) in [6.45, 7) is 4.16. The first-order valence-electron chi connectivity index (χ1n) is 4.75. The quantitative estimate of drug-likeness (QED) is 0.629. The second kappa shape index (κ2) is 4.30. The molecule has 0 aromatic rings. The summed E-state index contributed by atoms with van der Waals surface area (Å²) in [5.74, 6) is -0.234. The fraction of sp³-hybridized carbons (Fsp3) is 0.700. The van der Waals surface area contributed by atoms with Gasteiger partial charge in [-0.15, -0.1) is 0 Å². The zero-order chi connectivity index (χ0) is 9.73. The van der Waals surface area contributed by atoms with Gasteiger partial charge in [-0.1, -0.05) is 6.92 Å². The fourth-order valence-corrected chi connectivity index (χ4v) is 1.44. The Morgan fingerprint density at radius 3 is 2.85 bits per heavy atom. The van der Waals surface area contributed by atoms with E-state index in [0.29, 0.717) is 13.0 Å². The van der Waals surface area contributed by atoms with E-state index in [1.807, 2.05) is 13.0 Å². The molecule has 0 fully saturated rings. The number of hydrogen-bond donors (Lipinski definition) is 0. The van der Waals surface area contributed by atoms with Gasteiger partial charge in [-0.3, -0.25) is 0 Å². The smallest absolute Gasteiger partial charge is 0.350 e. The Morgan fingerprint density at radius 1 is 1.62 bits per heavy atom. The normalized spacial score (nSPS) is 26.6. The molecular weight excluding hydrogens is 168 g/mol. The van der Waals surface area contributed by atoms with E-state index in [0.717, 1.165) is 12.8 Å². The minimum atomic E-state index is -0.717. The van der Waals surface area contributed by atoms with Crippen molar-refractivity contribution >= 4 is 5.97 Å². The van der Waals surface area contributed by atoms with Gasteiger partial charge in [0.15, 0.2) is 0 Å². The van der Waals surface area contributed by atoms with E-state index in [2.05, 4.69) is 0 Å². The lowest BCUT2D eigenvalue weighted by atomic mass is 9.93. The Bertz CT molecular complexity index is 210. The van der Waals surface area contributed by atoms with E-state index >= 15 is 0 Å². The van der Waals surface area contributed by atoms with Crippen LogP contribution in [0.3, 0.4) is 0 Å². The van der Waals surface area contributed by atoms with E-state index in [4.69, 9.17) is 9.47 Å². The van der Waals surface area contributed by atoms with E-state index in [-0.39, 0.29) is 5.97 Å². The number of carbonyl (C=O) groups excluding carboxylic acids is 1. The van der Waals surface area contributed by atoms with Gasteiger partial charge in [-0.2, -0.15) is 0 Å². The summed E-state index contributed by atoms with van der Waals surface area (Å²) in [4.78, 5) is 11.6. The molecule has 0 unspecified atom stereocenters. The van der Waals surface area contributed by atoms with Gasteiger partial charge in [-0.05, 0) is 25.8 Å². The van der Waals surface area contributed by atoms with Gasteiger partial charge in [0.2, 0.25) is 5.60 Å². The molecular formula is C10H16O3. The first-order valence-corrected chi connectivity index (χ1v) is 4.75. The zero-order valence-electron chi connectivity index (χ0n) is 8.21. The van der Waals surface area contributed by atoms with Crippen molar-refractivity contribution in [2.45, 2.75) is 38.7 Å². The molecule has 1 rings (SSSR count). The molecule has 13 heavy (non-hydrogen) atoms. The van der Waals surface area contributed by atoms with Gasteiger partial charge in [0.25, 0.3) is 0 Å². The van der Waals surface area contributed by atoms with Crippen molar-refractivity contribution in [3.8, 4) is 0 Å². The molecule has 0 N–H and O–H groups in total. The number of rotatable bonds is 3. The number of carbonyl (C=O) groups is 1. The summed E-state index contributed by atoms with van der Waals surface area (Å²) in [6.07, 6.45) is 5.79. The van der Waals surface area contributed by atoms with Crippen LogP contribution in [0.1, 0.15) is 33.1 Å². The van der Waals surface area contributed by atoms with Crippen LogP contribution < -0.4 is 0 Å².